The molecule has 1 fully saturated rings. The number of nitrogens with zero attached hydrogens (tertiary/aromatic N) is 1. The maximum atomic E-state index is 13.6. The van der Waals surface area contributed by atoms with Crippen molar-refractivity contribution in [3.8, 4) is 11.5 Å². The molecule has 46 heavy (non-hydrogen) atoms. The summed E-state index contributed by atoms with van der Waals surface area (Å²) in [5.74, 6) is 1.47. The van der Waals surface area contributed by atoms with Crippen molar-refractivity contribution in [1.82, 2.24) is 15.2 Å². The molecule has 0 unspecified atom stereocenters. The van der Waals surface area contributed by atoms with Gasteiger partial charge >= 0.3 is 6.03 Å². The highest BCUT2D eigenvalue weighted by molar-refractivity contribution is 6.16. The first-order valence-corrected chi connectivity index (χ1v) is 15.7. The summed E-state index contributed by atoms with van der Waals surface area (Å²) in [4.78, 5) is 44.2. The van der Waals surface area contributed by atoms with Crippen LogP contribution in [0.25, 0.3) is 17.0 Å². The van der Waals surface area contributed by atoms with Gasteiger partial charge in [0.15, 0.2) is 5.76 Å². The number of aromatic amines is 1. The zero-order valence-corrected chi connectivity index (χ0v) is 26.4. The number of likely N-dealkylation sites (N-methyl/N-ethyl adjacent to an activating group) is 2. The van der Waals surface area contributed by atoms with E-state index in [1.165, 1.54) is 19.3 Å². The van der Waals surface area contributed by atoms with Crippen molar-refractivity contribution >= 4 is 46.1 Å². The van der Waals surface area contributed by atoms with Crippen LogP contribution in [0.4, 0.5) is 16.2 Å². The second kappa shape index (κ2) is 13.5. The van der Waals surface area contributed by atoms with Gasteiger partial charge in [0.1, 0.15) is 11.5 Å². The van der Waals surface area contributed by atoms with Gasteiger partial charge in [0.25, 0.3) is 5.91 Å². The number of fused-ring (bicyclic) bond motifs is 2. The number of rotatable bonds is 9. The summed E-state index contributed by atoms with van der Waals surface area (Å²) in [5, 5.41) is 9.57. The van der Waals surface area contributed by atoms with Crippen molar-refractivity contribution in [1.29, 1.82) is 0 Å². The van der Waals surface area contributed by atoms with E-state index in [9.17, 15) is 14.4 Å². The zero-order chi connectivity index (χ0) is 32.2. The van der Waals surface area contributed by atoms with Crippen molar-refractivity contribution in [3.63, 3.8) is 0 Å². The smallest absolute Gasteiger partial charge is 0.323 e. The second-order valence-electron chi connectivity index (χ2n) is 11.8. The predicted octanol–water partition coefficient (Wildman–Crippen LogP) is 6.78. The maximum absolute atomic E-state index is 13.6. The summed E-state index contributed by atoms with van der Waals surface area (Å²) in [6, 6.07) is 17.2. The number of nitrogens with one attached hydrogen (secondary N) is 4. The molecule has 0 atom stereocenters. The van der Waals surface area contributed by atoms with Crippen molar-refractivity contribution in [2.24, 2.45) is 0 Å². The van der Waals surface area contributed by atoms with Gasteiger partial charge in [0, 0.05) is 59.2 Å². The Morgan fingerprint density at radius 2 is 1.74 bits per heavy atom. The number of aromatic nitrogens is 1. The predicted molar refractivity (Wildman–Crippen MR) is 180 cm³/mol. The van der Waals surface area contributed by atoms with Crippen LogP contribution in [0.15, 0.2) is 66.4 Å². The molecule has 3 aromatic carbocycles. The summed E-state index contributed by atoms with van der Waals surface area (Å²) in [5.41, 5.74) is 4.96. The second-order valence-corrected chi connectivity index (χ2v) is 11.8. The van der Waals surface area contributed by atoms with Crippen LogP contribution in [-0.4, -0.2) is 61.9 Å². The Labute approximate surface area is 268 Å². The number of amides is 3. The molecule has 1 saturated carbocycles. The summed E-state index contributed by atoms with van der Waals surface area (Å²) < 4.78 is 11.6. The monoisotopic (exact) mass is 621 g/mol. The van der Waals surface area contributed by atoms with E-state index in [4.69, 9.17) is 9.47 Å². The molecule has 4 aromatic rings. The van der Waals surface area contributed by atoms with E-state index in [1.807, 2.05) is 31.3 Å². The van der Waals surface area contributed by atoms with E-state index in [0.717, 1.165) is 40.8 Å². The Bertz CT molecular complexity index is 1800. The van der Waals surface area contributed by atoms with E-state index in [2.05, 4.69) is 20.9 Å². The van der Waals surface area contributed by atoms with Gasteiger partial charge in [-0.05, 0) is 92.5 Å². The molecule has 0 bridgehead atoms. The average Bonchev–Trinajstić information content (AvgIpc) is 3.60. The number of hydrogen-bond donors (Lipinski definition) is 4. The summed E-state index contributed by atoms with van der Waals surface area (Å²) >= 11 is 0. The maximum Gasteiger partial charge on any atom is 0.323 e. The van der Waals surface area contributed by atoms with Gasteiger partial charge in [-0.1, -0.05) is 19.3 Å². The van der Waals surface area contributed by atoms with Crippen LogP contribution in [0.3, 0.4) is 0 Å². The van der Waals surface area contributed by atoms with E-state index in [0.29, 0.717) is 47.3 Å². The van der Waals surface area contributed by atoms with E-state index < -0.39 is 6.03 Å². The molecule has 2 aliphatic rings. The molecule has 1 aliphatic heterocycles. The minimum Gasteiger partial charge on any atom is -0.497 e. The number of ether oxygens (including phenoxy) is 2. The molecular weight excluding hydrogens is 582 g/mol. The van der Waals surface area contributed by atoms with Gasteiger partial charge in [0.05, 0.1) is 12.7 Å². The Hall–Kier alpha value is -5.09. The lowest BCUT2D eigenvalue weighted by atomic mass is 9.85. The number of methoxy groups -OCH3 is 1. The van der Waals surface area contributed by atoms with Gasteiger partial charge in [-0.2, -0.15) is 0 Å². The Morgan fingerprint density at radius 1 is 1.00 bits per heavy atom. The van der Waals surface area contributed by atoms with Crippen LogP contribution in [0.5, 0.6) is 11.5 Å². The third-order valence-electron chi connectivity index (χ3n) is 8.72. The number of benzene rings is 3. The molecule has 1 aliphatic carbocycles. The van der Waals surface area contributed by atoms with Crippen LogP contribution in [0.1, 0.15) is 70.0 Å². The molecule has 1 aromatic heterocycles. The molecule has 0 saturated heterocycles. The number of carbonyl (C=O) groups is 3. The van der Waals surface area contributed by atoms with Crippen molar-refractivity contribution in [3.05, 3.63) is 88.8 Å². The van der Waals surface area contributed by atoms with Gasteiger partial charge in [-0.25, -0.2) is 4.79 Å². The van der Waals surface area contributed by atoms with Gasteiger partial charge in [-0.15, -0.1) is 0 Å². The molecule has 2 heterocycles. The standard InChI is InChI=1S/C36H39N5O5/c1-37-17-18-41(2)35(43)23-9-11-24(12-10-23)38-36(44)39-25-13-16-31-29(19-25)34(42)32(46-31)21-28-27-20-26(45-3)14-15-30(27)40-33(28)22-7-5-4-6-8-22/h9-16,19-22,37,40H,4-8,17-18H2,1-3H3,(H2,38,39,44). The lowest BCUT2D eigenvalue weighted by Gasteiger charge is -2.21. The fraction of sp³-hybridized carbons (Fsp3) is 0.306. The molecule has 0 radical (unpaired) electrons. The number of carbonyl (C=O) groups excluding carboxylic acids is 3. The van der Waals surface area contributed by atoms with Gasteiger partial charge in [-0.3, -0.25) is 9.59 Å². The molecule has 10 heteroatoms. The summed E-state index contributed by atoms with van der Waals surface area (Å²) in [6.07, 6.45) is 7.66. The Kier molecular flexibility index (Phi) is 9.07. The highest BCUT2D eigenvalue weighted by atomic mass is 16.5. The molecule has 4 N–H and O–H groups in total. The highest BCUT2D eigenvalue weighted by Crippen LogP contribution is 2.40. The third kappa shape index (κ3) is 6.48. The van der Waals surface area contributed by atoms with E-state index in [-0.39, 0.29) is 17.4 Å². The molecule has 10 nitrogen and oxygen atoms in total. The molecular formula is C36H39N5O5. The van der Waals surface area contributed by atoms with Gasteiger partial charge in [0.2, 0.25) is 5.78 Å². The number of H-pyrrole nitrogens is 1. The van der Waals surface area contributed by atoms with Crippen LogP contribution in [-0.2, 0) is 0 Å². The minimum absolute atomic E-state index is 0.0978. The third-order valence-corrected chi connectivity index (χ3v) is 8.72. The number of allylic oxidation sites excluding steroid dienone is 1. The first kappa shape index (κ1) is 30.9. The first-order chi connectivity index (χ1) is 22.3. The number of urea groups is 1. The lowest BCUT2D eigenvalue weighted by molar-refractivity contribution is 0.0796. The first-order valence-electron chi connectivity index (χ1n) is 15.7. The average molecular weight is 622 g/mol. The fourth-order valence-corrected chi connectivity index (χ4v) is 6.20. The number of ketones is 1. The summed E-state index contributed by atoms with van der Waals surface area (Å²) in [6.45, 7) is 1.28. The number of anilines is 2. The van der Waals surface area contributed by atoms with Crippen molar-refractivity contribution in [2.45, 2.75) is 38.0 Å². The zero-order valence-electron chi connectivity index (χ0n) is 26.4. The van der Waals surface area contributed by atoms with Crippen LogP contribution >= 0.6 is 0 Å². The van der Waals surface area contributed by atoms with Crippen LogP contribution in [0, 0.1) is 0 Å². The Morgan fingerprint density at radius 3 is 2.48 bits per heavy atom. The van der Waals surface area contributed by atoms with Crippen molar-refractivity contribution < 1.29 is 23.9 Å². The van der Waals surface area contributed by atoms with E-state index >= 15 is 0 Å². The normalized spacial score (nSPS) is 15.5. The van der Waals surface area contributed by atoms with E-state index in [1.54, 1.807) is 61.5 Å². The van der Waals surface area contributed by atoms with Crippen molar-refractivity contribution in [2.75, 3.05) is 44.9 Å². The number of hydrogen-bond acceptors (Lipinski definition) is 6. The Balaban J connectivity index is 1.17. The topological polar surface area (TPSA) is 125 Å². The van der Waals surface area contributed by atoms with Crippen LogP contribution in [0.2, 0.25) is 0 Å². The quantitative estimate of drug-likeness (QED) is 0.153. The SMILES string of the molecule is CNCCN(C)C(=O)c1ccc(NC(=O)Nc2ccc3c(c2)C(=O)C(=Cc2c(C4CCCCC4)[nH]c4ccc(OC)cc24)O3)cc1. The van der Waals surface area contributed by atoms with Gasteiger partial charge < -0.3 is 35.3 Å². The lowest BCUT2D eigenvalue weighted by Crippen LogP contribution is -2.32. The molecule has 3 amide bonds. The fourth-order valence-electron chi connectivity index (χ4n) is 6.20. The largest absolute Gasteiger partial charge is 0.497 e. The molecule has 0 spiro atoms. The molecule has 6 rings (SSSR count). The number of Topliss-reactive ketones (excluding diaryl/α,β-unsaturated/α-hetero) is 1. The molecule has 238 valence electrons. The summed E-state index contributed by atoms with van der Waals surface area (Å²) in [7, 11) is 5.23. The minimum atomic E-state index is -0.475. The van der Waals surface area contributed by atoms with Crippen LogP contribution < -0.4 is 25.4 Å². The highest BCUT2D eigenvalue weighted by Gasteiger charge is 2.30.